The first kappa shape index (κ1) is 21.0. The Labute approximate surface area is 179 Å². The van der Waals surface area contributed by atoms with Gasteiger partial charge in [-0.3, -0.25) is 4.79 Å². The molecular weight excluding hydrogens is 494 g/mol. The van der Waals surface area contributed by atoms with E-state index in [1.54, 1.807) is 36.4 Å². The molecule has 0 spiro atoms. The van der Waals surface area contributed by atoms with Gasteiger partial charge < -0.3 is 0 Å². The van der Waals surface area contributed by atoms with Crippen LogP contribution in [0.1, 0.15) is 22.5 Å². The number of carbonyl (C=O) groups is 1. The Balaban J connectivity index is 1.96. The van der Waals surface area contributed by atoms with Crippen molar-refractivity contribution in [3.63, 3.8) is 0 Å². The number of Topliss-reactive ketones (excluding diaryl/α,β-unsaturated/α-hetero) is 1. The summed E-state index contributed by atoms with van der Waals surface area (Å²) < 4.78 is 41.8. The second-order valence-electron chi connectivity index (χ2n) is 6.21. The highest BCUT2D eigenvalue weighted by atomic mass is 127. The van der Waals surface area contributed by atoms with Crippen molar-refractivity contribution in [2.75, 3.05) is 4.43 Å². The number of halogens is 4. The molecule has 0 amide bonds. The summed E-state index contributed by atoms with van der Waals surface area (Å²) in [7, 11) is 0. The SMILES string of the molecule is C#CCC(CI)C(=O)c1ccc(-c2cc(C(F)(F)F)n(-c3ccccn3)n2)cc1. The van der Waals surface area contributed by atoms with Crippen LogP contribution in [-0.2, 0) is 6.18 Å². The maximum atomic E-state index is 13.5. The van der Waals surface area contributed by atoms with Crippen LogP contribution in [0.4, 0.5) is 13.2 Å². The Bertz CT molecular complexity index is 1040. The number of hydrogen-bond donors (Lipinski definition) is 0. The third-order valence-electron chi connectivity index (χ3n) is 4.25. The van der Waals surface area contributed by atoms with Gasteiger partial charge in [-0.25, -0.2) is 9.67 Å². The Kier molecular flexibility index (Phi) is 6.37. The molecule has 148 valence electrons. The molecule has 0 aliphatic carbocycles. The van der Waals surface area contributed by atoms with Crippen LogP contribution in [0.2, 0.25) is 0 Å². The highest BCUT2D eigenvalue weighted by Crippen LogP contribution is 2.33. The fraction of sp³-hybridized carbons (Fsp3) is 0.190. The van der Waals surface area contributed by atoms with Gasteiger partial charge in [0.15, 0.2) is 17.3 Å². The van der Waals surface area contributed by atoms with E-state index in [0.717, 1.165) is 10.7 Å². The number of ketones is 1. The van der Waals surface area contributed by atoms with Crippen molar-refractivity contribution in [2.45, 2.75) is 12.6 Å². The van der Waals surface area contributed by atoms with Gasteiger partial charge in [0.2, 0.25) is 0 Å². The number of terminal acetylenes is 1. The highest BCUT2D eigenvalue weighted by Gasteiger charge is 2.36. The number of alkyl halides is 4. The van der Waals surface area contributed by atoms with Gasteiger partial charge in [0.05, 0.1) is 5.69 Å². The molecule has 3 aromatic rings. The number of nitrogens with zero attached hydrogens (tertiary/aromatic N) is 3. The molecule has 0 aliphatic rings. The van der Waals surface area contributed by atoms with Crippen LogP contribution in [0.5, 0.6) is 0 Å². The molecule has 1 unspecified atom stereocenters. The molecule has 0 aliphatic heterocycles. The van der Waals surface area contributed by atoms with Crippen LogP contribution < -0.4 is 0 Å². The molecule has 0 fully saturated rings. The number of benzene rings is 1. The maximum absolute atomic E-state index is 13.5. The van der Waals surface area contributed by atoms with E-state index in [0.29, 0.717) is 22.0 Å². The summed E-state index contributed by atoms with van der Waals surface area (Å²) in [5.41, 5.74) is 0.136. The smallest absolute Gasteiger partial charge is 0.294 e. The highest BCUT2D eigenvalue weighted by molar-refractivity contribution is 14.1. The standard InChI is InChI=1S/C21H15F3IN3O/c1-2-5-16(13-25)20(29)15-9-7-14(8-10-15)17-12-18(21(22,23)24)28(27-17)19-6-3-4-11-26-19/h1,3-4,6-12,16H,5,13H2. The second kappa shape index (κ2) is 8.78. The van der Waals surface area contributed by atoms with E-state index >= 15 is 0 Å². The predicted molar refractivity (Wildman–Crippen MR) is 112 cm³/mol. The molecule has 0 radical (unpaired) electrons. The molecule has 2 aromatic heterocycles. The summed E-state index contributed by atoms with van der Waals surface area (Å²) in [6.45, 7) is 0. The first-order chi connectivity index (χ1) is 13.8. The molecule has 1 atom stereocenters. The van der Waals surface area contributed by atoms with Gasteiger partial charge in [-0.2, -0.15) is 18.3 Å². The molecule has 29 heavy (non-hydrogen) atoms. The molecule has 3 rings (SSSR count). The van der Waals surface area contributed by atoms with E-state index in [2.05, 4.69) is 38.6 Å². The summed E-state index contributed by atoms with van der Waals surface area (Å²) in [5, 5.41) is 4.09. The van der Waals surface area contributed by atoms with Crippen molar-refractivity contribution >= 4 is 28.4 Å². The van der Waals surface area contributed by atoms with Crippen LogP contribution in [0.25, 0.3) is 17.1 Å². The molecule has 0 saturated heterocycles. The van der Waals surface area contributed by atoms with Crippen molar-refractivity contribution in [2.24, 2.45) is 5.92 Å². The number of pyridine rings is 1. The van der Waals surface area contributed by atoms with Crippen LogP contribution in [-0.4, -0.2) is 25.0 Å². The zero-order valence-corrected chi connectivity index (χ0v) is 17.2. The Morgan fingerprint density at radius 1 is 1.21 bits per heavy atom. The third-order valence-corrected chi connectivity index (χ3v) is 5.32. The first-order valence-electron chi connectivity index (χ1n) is 8.58. The lowest BCUT2D eigenvalue weighted by Gasteiger charge is -2.10. The Morgan fingerprint density at radius 3 is 2.48 bits per heavy atom. The summed E-state index contributed by atoms with van der Waals surface area (Å²) in [4.78, 5) is 16.5. The topological polar surface area (TPSA) is 47.8 Å². The van der Waals surface area contributed by atoms with Crippen molar-refractivity contribution in [1.29, 1.82) is 0 Å². The largest absolute Gasteiger partial charge is 0.433 e. The quantitative estimate of drug-likeness (QED) is 0.199. The molecule has 0 saturated carbocycles. The lowest BCUT2D eigenvalue weighted by molar-refractivity contribution is -0.142. The fourth-order valence-electron chi connectivity index (χ4n) is 2.78. The Hall–Kier alpha value is -2.67. The van der Waals surface area contributed by atoms with Crippen molar-refractivity contribution in [3.8, 4) is 29.4 Å². The van der Waals surface area contributed by atoms with Crippen LogP contribution in [0.3, 0.4) is 0 Å². The summed E-state index contributed by atoms with van der Waals surface area (Å²) in [6.07, 6.45) is 2.45. The van der Waals surface area contributed by atoms with Crippen molar-refractivity contribution in [1.82, 2.24) is 14.8 Å². The fourth-order valence-corrected chi connectivity index (χ4v) is 3.49. The lowest BCUT2D eigenvalue weighted by atomic mass is 9.96. The molecule has 0 bridgehead atoms. The van der Waals surface area contributed by atoms with E-state index in [1.165, 1.54) is 12.3 Å². The van der Waals surface area contributed by atoms with E-state index in [1.807, 2.05) is 0 Å². The minimum absolute atomic E-state index is 0.0667. The number of rotatable bonds is 6. The number of carbonyl (C=O) groups excluding carboxylic acids is 1. The van der Waals surface area contributed by atoms with Gasteiger partial charge in [0, 0.05) is 34.1 Å². The lowest BCUT2D eigenvalue weighted by Crippen LogP contribution is -2.15. The third kappa shape index (κ3) is 4.67. The van der Waals surface area contributed by atoms with E-state index < -0.39 is 11.9 Å². The minimum Gasteiger partial charge on any atom is -0.294 e. The molecule has 8 heteroatoms. The molecule has 2 heterocycles. The average Bonchev–Trinajstić information content (AvgIpc) is 3.18. The van der Waals surface area contributed by atoms with Gasteiger partial charge >= 0.3 is 6.18 Å². The van der Waals surface area contributed by atoms with E-state index in [4.69, 9.17) is 6.42 Å². The zero-order chi connectivity index (χ0) is 21.0. The Morgan fingerprint density at radius 2 is 1.93 bits per heavy atom. The summed E-state index contributed by atoms with van der Waals surface area (Å²) in [6, 6.07) is 11.9. The predicted octanol–water partition coefficient (Wildman–Crippen LogP) is 5.21. The van der Waals surface area contributed by atoms with Crippen LogP contribution in [0.15, 0.2) is 54.7 Å². The van der Waals surface area contributed by atoms with Gasteiger partial charge in [0.1, 0.15) is 0 Å². The summed E-state index contributed by atoms with van der Waals surface area (Å²) >= 11 is 2.11. The van der Waals surface area contributed by atoms with Gasteiger partial charge in [-0.05, 0) is 18.2 Å². The van der Waals surface area contributed by atoms with Crippen molar-refractivity contribution < 1.29 is 18.0 Å². The number of aromatic nitrogens is 3. The van der Waals surface area contributed by atoms with Gasteiger partial charge in [-0.15, -0.1) is 12.3 Å². The molecular formula is C21H15F3IN3O. The maximum Gasteiger partial charge on any atom is 0.433 e. The van der Waals surface area contributed by atoms with Gasteiger partial charge in [0.25, 0.3) is 0 Å². The monoisotopic (exact) mass is 509 g/mol. The summed E-state index contributed by atoms with van der Waals surface area (Å²) in [5.74, 6) is 2.19. The van der Waals surface area contributed by atoms with E-state index in [-0.39, 0.29) is 23.2 Å². The van der Waals surface area contributed by atoms with Crippen LogP contribution in [0, 0.1) is 18.3 Å². The molecule has 0 N–H and O–H groups in total. The molecule has 1 aromatic carbocycles. The normalized spacial score (nSPS) is 12.4. The first-order valence-corrected chi connectivity index (χ1v) is 10.1. The zero-order valence-electron chi connectivity index (χ0n) is 15.0. The minimum atomic E-state index is -4.60. The second-order valence-corrected chi connectivity index (χ2v) is 7.09. The van der Waals surface area contributed by atoms with Gasteiger partial charge in [-0.1, -0.05) is 52.9 Å². The number of hydrogen-bond acceptors (Lipinski definition) is 3. The van der Waals surface area contributed by atoms with Crippen LogP contribution >= 0.6 is 22.6 Å². The molecule has 4 nitrogen and oxygen atoms in total. The van der Waals surface area contributed by atoms with Crippen molar-refractivity contribution in [3.05, 3.63) is 66.0 Å². The van der Waals surface area contributed by atoms with E-state index in [9.17, 15) is 18.0 Å². The average molecular weight is 509 g/mol.